The minimum Gasteiger partial charge on any atom is -0.198 e. The summed E-state index contributed by atoms with van der Waals surface area (Å²) in [6.07, 6.45) is 0.465. The standard InChI is InChI=1S/C11H8BrNS/c1-7-6-8(2-4-13)10(12)9-3-5-14-11(7)9/h3,5-6H,2H2,1H3. The molecule has 1 aromatic heterocycles. The SMILES string of the molecule is Cc1cc(CC#N)c(Br)c2ccsc12. The molecule has 0 bridgehead atoms. The summed E-state index contributed by atoms with van der Waals surface area (Å²) in [5.41, 5.74) is 2.33. The van der Waals surface area contributed by atoms with Crippen molar-refractivity contribution in [1.82, 2.24) is 0 Å². The van der Waals surface area contributed by atoms with Gasteiger partial charge in [-0.3, -0.25) is 0 Å². The van der Waals surface area contributed by atoms with Crippen LogP contribution in [0.2, 0.25) is 0 Å². The van der Waals surface area contributed by atoms with Crippen molar-refractivity contribution in [2.45, 2.75) is 13.3 Å². The van der Waals surface area contributed by atoms with Gasteiger partial charge in [-0.1, -0.05) is 6.07 Å². The Bertz CT molecular complexity index is 522. The van der Waals surface area contributed by atoms with Crippen molar-refractivity contribution >= 4 is 37.4 Å². The fraction of sp³-hybridized carbons (Fsp3) is 0.182. The van der Waals surface area contributed by atoms with E-state index in [0.717, 1.165) is 10.0 Å². The second-order valence-corrected chi connectivity index (χ2v) is 4.87. The maximum atomic E-state index is 8.69. The first-order valence-corrected chi connectivity index (χ1v) is 5.93. The fourth-order valence-electron chi connectivity index (χ4n) is 1.56. The van der Waals surface area contributed by atoms with Gasteiger partial charge < -0.3 is 0 Å². The van der Waals surface area contributed by atoms with Crippen LogP contribution in [0.15, 0.2) is 22.0 Å². The van der Waals surface area contributed by atoms with Gasteiger partial charge in [0, 0.05) is 14.6 Å². The average molecular weight is 266 g/mol. The Kier molecular flexibility index (Phi) is 2.58. The second-order valence-electron chi connectivity index (χ2n) is 3.16. The Morgan fingerprint density at radius 3 is 3.07 bits per heavy atom. The highest BCUT2D eigenvalue weighted by Crippen LogP contribution is 2.34. The van der Waals surface area contributed by atoms with Crippen molar-refractivity contribution in [2.24, 2.45) is 0 Å². The molecule has 0 amide bonds. The molecule has 0 aliphatic carbocycles. The number of benzene rings is 1. The molecule has 0 saturated heterocycles. The van der Waals surface area contributed by atoms with E-state index in [9.17, 15) is 0 Å². The van der Waals surface area contributed by atoms with Crippen LogP contribution in [0.4, 0.5) is 0 Å². The molecule has 0 radical (unpaired) electrons. The lowest BCUT2D eigenvalue weighted by Crippen LogP contribution is -1.86. The number of rotatable bonds is 1. The molecule has 0 unspecified atom stereocenters. The molecule has 0 N–H and O–H groups in total. The lowest BCUT2D eigenvalue weighted by Gasteiger charge is -2.04. The van der Waals surface area contributed by atoms with Gasteiger partial charge in [0.2, 0.25) is 0 Å². The molecular weight excluding hydrogens is 258 g/mol. The maximum Gasteiger partial charge on any atom is 0.0670 e. The molecule has 1 nitrogen and oxygen atoms in total. The molecule has 0 saturated carbocycles. The predicted molar refractivity (Wildman–Crippen MR) is 63.6 cm³/mol. The molecule has 1 aromatic carbocycles. The van der Waals surface area contributed by atoms with Gasteiger partial charge in [-0.05, 0) is 45.4 Å². The van der Waals surface area contributed by atoms with Crippen molar-refractivity contribution in [2.75, 3.05) is 0 Å². The number of aryl methyl sites for hydroxylation is 1. The zero-order valence-electron chi connectivity index (χ0n) is 7.67. The first-order valence-electron chi connectivity index (χ1n) is 4.26. The highest BCUT2D eigenvalue weighted by atomic mass is 79.9. The number of fused-ring (bicyclic) bond motifs is 1. The molecule has 0 spiro atoms. The van der Waals surface area contributed by atoms with Crippen LogP contribution >= 0.6 is 27.3 Å². The van der Waals surface area contributed by atoms with Gasteiger partial charge >= 0.3 is 0 Å². The molecule has 3 heteroatoms. The minimum atomic E-state index is 0.465. The zero-order chi connectivity index (χ0) is 10.1. The molecule has 2 rings (SSSR count). The Morgan fingerprint density at radius 2 is 2.36 bits per heavy atom. The van der Waals surface area contributed by atoms with Crippen molar-refractivity contribution in [1.29, 1.82) is 5.26 Å². The van der Waals surface area contributed by atoms with Crippen LogP contribution in [0.3, 0.4) is 0 Å². The van der Waals surface area contributed by atoms with Crippen LogP contribution in [-0.2, 0) is 6.42 Å². The number of hydrogen-bond donors (Lipinski definition) is 0. The Morgan fingerprint density at radius 1 is 1.57 bits per heavy atom. The van der Waals surface area contributed by atoms with Gasteiger partial charge in [-0.2, -0.15) is 5.26 Å². The Labute approximate surface area is 95.1 Å². The van der Waals surface area contributed by atoms with Crippen molar-refractivity contribution in [3.05, 3.63) is 33.1 Å². The van der Waals surface area contributed by atoms with E-state index in [-0.39, 0.29) is 0 Å². The van der Waals surface area contributed by atoms with Gasteiger partial charge in [-0.25, -0.2) is 0 Å². The van der Waals surface area contributed by atoms with E-state index in [1.807, 2.05) is 0 Å². The third kappa shape index (κ3) is 1.45. The number of hydrogen-bond acceptors (Lipinski definition) is 2. The lowest BCUT2D eigenvalue weighted by molar-refractivity contribution is 1.25. The summed E-state index contributed by atoms with van der Waals surface area (Å²) in [6.45, 7) is 2.09. The van der Waals surface area contributed by atoms with Gasteiger partial charge in [0.05, 0.1) is 12.5 Å². The number of nitriles is 1. The molecule has 0 aliphatic rings. The minimum absolute atomic E-state index is 0.465. The van der Waals surface area contributed by atoms with Crippen LogP contribution < -0.4 is 0 Å². The van der Waals surface area contributed by atoms with Gasteiger partial charge in [0.1, 0.15) is 0 Å². The predicted octanol–water partition coefficient (Wildman–Crippen LogP) is 4.04. The van der Waals surface area contributed by atoms with Gasteiger partial charge in [0.15, 0.2) is 0 Å². The molecular formula is C11H8BrNS. The lowest BCUT2D eigenvalue weighted by atomic mass is 10.1. The fourth-order valence-corrected chi connectivity index (χ4v) is 3.16. The number of halogens is 1. The van der Waals surface area contributed by atoms with E-state index in [1.165, 1.54) is 15.6 Å². The molecule has 0 atom stereocenters. The highest BCUT2D eigenvalue weighted by Gasteiger charge is 2.08. The molecule has 70 valence electrons. The van der Waals surface area contributed by atoms with E-state index in [2.05, 4.69) is 46.4 Å². The number of thiophene rings is 1. The first kappa shape index (κ1) is 9.70. The number of nitrogens with zero attached hydrogens (tertiary/aromatic N) is 1. The summed E-state index contributed by atoms with van der Waals surface area (Å²) in [4.78, 5) is 0. The summed E-state index contributed by atoms with van der Waals surface area (Å²) in [6, 6.07) is 6.37. The summed E-state index contributed by atoms with van der Waals surface area (Å²) < 4.78 is 2.37. The molecule has 2 aromatic rings. The first-order chi connectivity index (χ1) is 6.74. The Balaban J connectivity index is 2.76. The van der Waals surface area contributed by atoms with Crippen LogP contribution in [0.5, 0.6) is 0 Å². The summed E-state index contributed by atoms with van der Waals surface area (Å²) in [5, 5.41) is 12.0. The molecule has 0 aliphatic heterocycles. The highest BCUT2D eigenvalue weighted by molar-refractivity contribution is 9.10. The van der Waals surface area contributed by atoms with Crippen LogP contribution in [0.1, 0.15) is 11.1 Å². The van der Waals surface area contributed by atoms with Gasteiger partial charge in [-0.15, -0.1) is 11.3 Å². The monoisotopic (exact) mass is 265 g/mol. The smallest absolute Gasteiger partial charge is 0.0670 e. The van der Waals surface area contributed by atoms with Crippen molar-refractivity contribution < 1.29 is 0 Å². The second kappa shape index (κ2) is 3.72. The molecule has 0 fully saturated rings. The molecule has 1 heterocycles. The zero-order valence-corrected chi connectivity index (χ0v) is 10.1. The third-order valence-corrected chi connectivity index (χ3v) is 4.19. The summed E-state index contributed by atoms with van der Waals surface area (Å²) in [7, 11) is 0. The quantitative estimate of drug-likeness (QED) is 0.764. The topological polar surface area (TPSA) is 23.8 Å². The largest absolute Gasteiger partial charge is 0.198 e. The van der Waals surface area contributed by atoms with Crippen LogP contribution in [0.25, 0.3) is 10.1 Å². The van der Waals surface area contributed by atoms with Gasteiger partial charge in [0.25, 0.3) is 0 Å². The van der Waals surface area contributed by atoms with Crippen LogP contribution in [-0.4, -0.2) is 0 Å². The van der Waals surface area contributed by atoms with E-state index in [0.29, 0.717) is 6.42 Å². The van der Waals surface area contributed by atoms with E-state index in [4.69, 9.17) is 5.26 Å². The summed E-state index contributed by atoms with van der Waals surface area (Å²) >= 11 is 5.29. The normalized spacial score (nSPS) is 10.4. The summed E-state index contributed by atoms with van der Waals surface area (Å²) in [5.74, 6) is 0. The van der Waals surface area contributed by atoms with E-state index < -0.39 is 0 Å². The van der Waals surface area contributed by atoms with Crippen molar-refractivity contribution in [3.8, 4) is 6.07 Å². The van der Waals surface area contributed by atoms with E-state index >= 15 is 0 Å². The van der Waals surface area contributed by atoms with Crippen LogP contribution in [0, 0.1) is 18.3 Å². The maximum absolute atomic E-state index is 8.69. The average Bonchev–Trinajstić information content (AvgIpc) is 2.63. The molecule has 14 heavy (non-hydrogen) atoms. The van der Waals surface area contributed by atoms with Crippen molar-refractivity contribution in [3.63, 3.8) is 0 Å². The Hall–Kier alpha value is -0.850. The third-order valence-electron chi connectivity index (χ3n) is 2.20. The van der Waals surface area contributed by atoms with E-state index in [1.54, 1.807) is 11.3 Å².